The maximum absolute atomic E-state index is 11.4. The first kappa shape index (κ1) is 15.3. The van der Waals surface area contributed by atoms with E-state index in [1.165, 1.54) is 22.0 Å². The van der Waals surface area contributed by atoms with Crippen molar-refractivity contribution in [2.75, 3.05) is 5.32 Å². The second-order valence-electron chi connectivity index (χ2n) is 6.05. The highest BCUT2D eigenvalue weighted by Gasteiger charge is 2.26. The number of hydrogen-bond acceptors (Lipinski definition) is 6. The van der Waals surface area contributed by atoms with Crippen LogP contribution in [0.4, 0.5) is 11.6 Å². The molecule has 2 aromatic heterocycles. The number of nitrogens with zero attached hydrogens (tertiary/aromatic N) is 5. The molecule has 126 valence electrons. The van der Waals surface area contributed by atoms with E-state index in [9.17, 15) is 10.1 Å². The maximum atomic E-state index is 11.4. The smallest absolute Gasteiger partial charge is 0.333 e. The molecule has 1 aliphatic carbocycles. The maximum Gasteiger partial charge on any atom is 0.333 e. The van der Waals surface area contributed by atoms with Gasteiger partial charge in [-0.25, -0.2) is 9.97 Å². The molecule has 1 aromatic carbocycles. The molecule has 0 amide bonds. The zero-order valence-electron chi connectivity index (χ0n) is 13.6. The SMILES string of the molecule is Cc1nc(NC2Cc3ccccc3C2)nc(-n2ccnc2)c1[N+](=O)[O-]. The van der Waals surface area contributed by atoms with Crippen molar-refractivity contribution < 1.29 is 4.92 Å². The van der Waals surface area contributed by atoms with Crippen LogP contribution in [0.3, 0.4) is 0 Å². The van der Waals surface area contributed by atoms with Gasteiger partial charge in [-0.1, -0.05) is 24.3 Å². The van der Waals surface area contributed by atoms with Crippen LogP contribution in [0.1, 0.15) is 16.8 Å². The minimum Gasteiger partial charge on any atom is -0.351 e. The summed E-state index contributed by atoms with van der Waals surface area (Å²) in [6.07, 6.45) is 6.45. The fourth-order valence-electron chi connectivity index (χ4n) is 3.24. The first-order valence-corrected chi connectivity index (χ1v) is 7.96. The van der Waals surface area contributed by atoms with Crippen molar-refractivity contribution in [2.45, 2.75) is 25.8 Å². The van der Waals surface area contributed by atoms with Gasteiger partial charge in [0, 0.05) is 18.4 Å². The Morgan fingerprint density at radius 2 is 1.96 bits per heavy atom. The Hall–Kier alpha value is -3.29. The number of rotatable bonds is 4. The third-order valence-corrected chi connectivity index (χ3v) is 4.36. The van der Waals surface area contributed by atoms with Crippen LogP contribution >= 0.6 is 0 Å². The van der Waals surface area contributed by atoms with Crippen molar-refractivity contribution in [3.8, 4) is 5.82 Å². The van der Waals surface area contributed by atoms with Crippen LogP contribution in [-0.4, -0.2) is 30.5 Å². The van der Waals surface area contributed by atoms with Crippen molar-refractivity contribution in [3.63, 3.8) is 0 Å². The van der Waals surface area contributed by atoms with E-state index in [1.54, 1.807) is 19.3 Å². The summed E-state index contributed by atoms with van der Waals surface area (Å²) in [7, 11) is 0. The molecule has 0 fully saturated rings. The zero-order chi connectivity index (χ0) is 17.4. The van der Waals surface area contributed by atoms with Crippen molar-refractivity contribution in [2.24, 2.45) is 0 Å². The Morgan fingerprint density at radius 1 is 1.24 bits per heavy atom. The zero-order valence-corrected chi connectivity index (χ0v) is 13.6. The lowest BCUT2D eigenvalue weighted by Gasteiger charge is -2.14. The first-order valence-electron chi connectivity index (χ1n) is 7.96. The van der Waals surface area contributed by atoms with E-state index >= 15 is 0 Å². The van der Waals surface area contributed by atoms with Crippen LogP contribution in [0.25, 0.3) is 5.82 Å². The molecule has 0 bridgehead atoms. The predicted molar refractivity (Wildman–Crippen MR) is 91.8 cm³/mol. The van der Waals surface area contributed by atoms with Crippen LogP contribution in [0.15, 0.2) is 43.0 Å². The average molecular weight is 336 g/mol. The van der Waals surface area contributed by atoms with Crippen molar-refractivity contribution in [1.82, 2.24) is 19.5 Å². The molecule has 1 N–H and O–H groups in total. The van der Waals surface area contributed by atoms with Crippen LogP contribution in [0.2, 0.25) is 0 Å². The summed E-state index contributed by atoms with van der Waals surface area (Å²) >= 11 is 0. The first-order chi connectivity index (χ1) is 12.1. The van der Waals surface area contributed by atoms with E-state index in [-0.39, 0.29) is 17.5 Å². The van der Waals surface area contributed by atoms with E-state index in [0.29, 0.717) is 11.6 Å². The molecule has 0 radical (unpaired) electrons. The summed E-state index contributed by atoms with van der Waals surface area (Å²) in [5, 5.41) is 14.7. The topological polar surface area (TPSA) is 98.8 Å². The van der Waals surface area contributed by atoms with Crippen LogP contribution < -0.4 is 5.32 Å². The molecular formula is C17H16N6O2. The number of anilines is 1. The van der Waals surface area contributed by atoms with Gasteiger partial charge >= 0.3 is 5.69 Å². The lowest BCUT2D eigenvalue weighted by molar-refractivity contribution is -0.385. The second-order valence-corrected chi connectivity index (χ2v) is 6.05. The van der Waals surface area contributed by atoms with Crippen molar-refractivity contribution in [1.29, 1.82) is 0 Å². The van der Waals surface area contributed by atoms with Gasteiger partial charge in [-0.2, -0.15) is 4.98 Å². The van der Waals surface area contributed by atoms with Gasteiger partial charge in [0.1, 0.15) is 12.0 Å². The molecular weight excluding hydrogens is 320 g/mol. The molecule has 0 atom stereocenters. The number of imidazole rings is 1. The summed E-state index contributed by atoms with van der Waals surface area (Å²) in [6.45, 7) is 1.62. The van der Waals surface area contributed by atoms with Gasteiger partial charge in [-0.15, -0.1) is 0 Å². The molecule has 0 aliphatic heterocycles. The molecule has 8 nitrogen and oxygen atoms in total. The Bertz CT molecular complexity index is 913. The van der Waals surface area contributed by atoms with Gasteiger partial charge in [-0.3, -0.25) is 14.7 Å². The van der Waals surface area contributed by atoms with E-state index in [0.717, 1.165) is 12.8 Å². The van der Waals surface area contributed by atoms with Gasteiger partial charge in [0.05, 0.1) is 4.92 Å². The lowest BCUT2D eigenvalue weighted by Crippen LogP contribution is -2.22. The Balaban J connectivity index is 1.66. The van der Waals surface area contributed by atoms with E-state index in [4.69, 9.17) is 0 Å². The highest BCUT2D eigenvalue weighted by molar-refractivity contribution is 5.54. The predicted octanol–water partition coefficient (Wildman–Crippen LogP) is 2.46. The lowest BCUT2D eigenvalue weighted by atomic mass is 10.1. The van der Waals surface area contributed by atoms with Gasteiger partial charge in [-0.05, 0) is 30.9 Å². The standard InChI is InChI=1S/C17H16N6O2/c1-11-15(23(24)25)16(22-7-6-18-10-22)21-17(19-11)20-14-8-12-4-2-3-5-13(12)9-14/h2-7,10,14H,8-9H2,1H3,(H,19,20,21). The molecule has 0 saturated carbocycles. The van der Waals surface area contributed by atoms with Crippen molar-refractivity contribution >= 4 is 11.6 Å². The largest absolute Gasteiger partial charge is 0.351 e. The normalized spacial score (nSPS) is 13.6. The molecule has 4 rings (SSSR count). The minimum atomic E-state index is -0.458. The molecule has 0 saturated heterocycles. The van der Waals surface area contributed by atoms with Crippen LogP contribution in [0.5, 0.6) is 0 Å². The van der Waals surface area contributed by atoms with E-state index in [2.05, 4.69) is 32.4 Å². The summed E-state index contributed by atoms with van der Waals surface area (Å²) in [6, 6.07) is 8.48. The van der Waals surface area contributed by atoms with Crippen LogP contribution in [0, 0.1) is 17.0 Å². The third-order valence-electron chi connectivity index (χ3n) is 4.36. The monoisotopic (exact) mass is 336 g/mol. The Morgan fingerprint density at radius 3 is 2.56 bits per heavy atom. The number of aryl methyl sites for hydroxylation is 1. The number of hydrogen-bond donors (Lipinski definition) is 1. The quantitative estimate of drug-likeness (QED) is 0.580. The molecule has 2 heterocycles. The minimum absolute atomic E-state index is 0.113. The fraction of sp³-hybridized carbons (Fsp3) is 0.235. The molecule has 3 aromatic rings. The number of nitro groups is 1. The molecule has 25 heavy (non-hydrogen) atoms. The molecule has 0 spiro atoms. The van der Waals surface area contributed by atoms with Gasteiger partial charge < -0.3 is 5.32 Å². The number of benzene rings is 1. The van der Waals surface area contributed by atoms with Crippen LogP contribution in [-0.2, 0) is 12.8 Å². The summed E-state index contributed by atoms with van der Waals surface area (Å²) < 4.78 is 1.53. The Labute approximate surface area is 143 Å². The third kappa shape index (κ3) is 2.82. The molecule has 1 aliphatic rings. The van der Waals surface area contributed by atoms with Gasteiger partial charge in [0.25, 0.3) is 0 Å². The fourth-order valence-corrected chi connectivity index (χ4v) is 3.24. The number of fused-ring (bicyclic) bond motifs is 1. The molecule has 0 unspecified atom stereocenters. The highest BCUT2D eigenvalue weighted by Crippen LogP contribution is 2.27. The average Bonchev–Trinajstić information content (AvgIpc) is 3.23. The van der Waals surface area contributed by atoms with Gasteiger partial charge in [0.2, 0.25) is 11.8 Å². The Kier molecular flexibility index (Phi) is 3.64. The van der Waals surface area contributed by atoms with Gasteiger partial charge in [0.15, 0.2) is 0 Å². The van der Waals surface area contributed by atoms with E-state index < -0.39 is 4.92 Å². The second kappa shape index (κ2) is 5.97. The van der Waals surface area contributed by atoms with Crippen molar-refractivity contribution in [3.05, 3.63) is 69.9 Å². The molecule has 8 heteroatoms. The summed E-state index contributed by atoms with van der Waals surface area (Å²) in [4.78, 5) is 23.6. The number of nitrogens with one attached hydrogen (secondary N) is 1. The van der Waals surface area contributed by atoms with E-state index in [1.807, 2.05) is 12.1 Å². The highest BCUT2D eigenvalue weighted by atomic mass is 16.6. The summed E-state index contributed by atoms with van der Waals surface area (Å²) in [5.41, 5.74) is 2.84. The number of aromatic nitrogens is 4. The summed E-state index contributed by atoms with van der Waals surface area (Å²) in [5.74, 6) is 0.609.